The van der Waals surface area contributed by atoms with Gasteiger partial charge in [0.25, 0.3) is 0 Å². The van der Waals surface area contributed by atoms with Crippen LogP contribution < -0.4 is 5.32 Å². The molecule has 1 aliphatic rings. The van der Waals surface area contributed by atoms with E-state index in [4.69, 9.17) is 4.74 Å². The number of nitrogens with one attached hydrogen (secondary N) is 1. The van der Waals surface area contributed by atoms with E-state index < -0.39 is 5.97 Å². The molecule has 1 fully saturated rings. The Labute approximate surface area is 155 Å². The number of Topliss-reactive ketones (excluding diaryl/α,β-unsaturated/α-hetero) is 1. The zero-order valence-electron chi connectivity index (χ0n) is 16.3. The van der Waals surface area contributed by atoms with Gasteiger partial charge in [0.1, 0.15) is 6.54 Å². The van der Waals surface area contributed by atoms with Gasteiger partial charge in [0.2, 0.25) is 11.7 Å². The number of esters is 1. The summed E-state index contributed by atoms with van der Waals surface area (Å²) in [4.78, 5) is 36.2. The summed E-state index contributed by atoms with van der Waals surface area (Å²) in [6.45, 7) is 7.48. The van der Waals surface area contributed by atoms with Crippen LogP contribution in [-0.2, 0) is 14.3 Å². The van der Waals surface area contributed by atoms with Crippen LogP contribution in [0.3, 0.4) is 0 Å². The van der Waals surface area contributed by atoms with Gasteiger partial charge in [-0.15, -0.1) is 0 Å². The number of aromatic nitrogens is 1. The van der Waals surface area contributed by atoms with Crippen molar-refractivity contribution in [2.24, 2.45) is 5.92 Å². The normalized spacial score (nSPS) is 15.1. The number of hydrogen-bond acceptors (Lipinski definition) is 4. The Kier molecular flexibility index (Phi) is 7.00. The average Bonchev–Trinajstić information content (AvgIpc) is 2.92. The second-order valence-electron chi connectivity index (χ2n) is 7.39. The van der Waals surface area contributed by atoms with E-state index in [0.717, 1.165) is 37.1 Å². The van der Waals surface area contributed by atoms with Crippen molar-refractivity contribution in [1.29, 1.82) is 0 Å². The molecule has 1 saturated carbocycles. The van der Waals surface area contributed by atoms with Gasteiger partial charge < -0.3 is 14.6 Å². The number of ketones is 1. The number of aryl methyl sites for hydroxylation is 1. The molecule has 0 bridgehead atoms. The smallest absolute Gasteiger partial charge is 0.325 e. The van der Waals surface area contributed by atoms with Crippen molar-refractivity contribution in [2.45, 2.75) is 65.8 Å². The Hall–Kier alpha value is -2.11. The van der Waals surface area contributed by atoms with Gasteiger partial charge in [0.15, 0.2) is 6.61 Å². The highest BCUT2D eigenvalue weighted by Crippen LogP contribution is 2.23. The van der Waals surface area contributed by atoms with Gasteiger partial charge in [-0.05, 0) is 46.6 Å². The lowest BCUT2D eigenvalue weighted by Gasteiger charge is -2.20. The molecule has 0 saturated heterocycles. The van der Waals surface area contributed by atoms with E-state index in [0.29, 0.717) is 5.56 Å². The lowest BCUT2D eigenvalue weighted by atomic mass is 9.89. The van der Waals surface area contributed by atoms with Crippen LogP contribution in [0.4, 0.5) is 0 Å². The van der Waals surface area contributed by atoms with Gasteiger partial charge in [-0.25, -0.2) is 0 Å². The van der Waals surface area contributed by atoms with Gasteiger partial charge in [0, 0.05) is 28.9 Å². The molecule has 0 radical (unpaired) electrons. The first-order chi connectivity index (χ1) is 12.3. The van der Waals surface area contributed by atoms with E-state index in [1.165, 1.54) is 6.42 Å². The van der Waals surface area contributed by atoms with E-state index in [1.54, 1.807) is 0 Å². The Morgan fingerprint density at radius 2 is 1.85 bits per heavy atom. The van der Waals surface area contributed by atoms with Crippen molar-refractivity contribution in [3.8, 4) is 0 Å². The number of hydrogen-bond donors (Lipinski definition) is 1. The van der Waals surface area contributed by atoms with Crippen LogP contribution in [0.25, 0.3) is 0 Å². The molecule has 0 atom stereocenters. The van der Waals surface area contributed by atoms with Gasteiger partial charge in [-0.2, -0.15) is 0 Å². The fourth-order valence-corrected chi connectivity index (χ4v) is 3.80. The minimum atomic E-state index is -0.583. The minimum Gasteiger partial charge on any atom is -0.456 e. The number of amides is 1. The van der Waals surface area contributed by atoms with Crippen LogP contribution in [0.1, 0.15) is 73.7 Å². The summed E-state index contributed by atoms with van der Waals surface area (Å²) in [5.41, 5.74) is 2.46. The second-order valence-corrected chi connectivity index (χ2v) is 7.39. The van der Waals surface area contributed by atoms with E-state index in [-0.39, 0.29) is 36.8 Å². The molecular weight excluding hydrogens is 332 g/mol. The molecular formula is C20H30N2O4. The zero-order valence-corrected chi connectivity index (χ0v) is 16.3. The Balaban J connectivity index is 1.81. The average molecular weight is 362 g/mol. The summed E-state index contributed by atoms with van der Waals surface area (Å²) in [5.74, 6) is -0.898. The first-order valence-corrected chi connectivity index (χ1v) is 9.46. The summed E-state index contributed by atoms with van der Waals surface area (Å²) in [6.07, 6.45) is 5.05. The molecule has 6 heteroatoms. The molecule has 1 heterocycles. The molecule has 26 heavy (non-hydrogen) atoms. The van der Waals surface area contributed by atoms with Gasteiger partial charge >= 0.3 is 5.97 Å². The van der Waals surface area contributed by atoms with Crippen molar-refractivity contribution in [3.63, 3.8) is 0 Å². The highest BCUT2D eigenvalue weighted by Gasteiger charge is 2.22. The number of carbonyl (C=O) groups excluding carboxylic acids is 3. The summed E-state index contributed by atoms with van der Waals surface area (Å²) in [7, 11) is 0. The Morgan fingerprint density at radius 3 is 2.42 bits per heavy atom. The van der Waals surface area contributed by atoms with Gasteiger partial charge in [-0.3, -0.25) is 14.4 Å². The first-order valence-electron chi connectivity index (χ1n) is 9.46. The maximum atomic E-state index is 12.4. The van der Waals surface area contributed by atoms with E-state index in [9.17, 15) is 14.4 Å². The topological polar surface area (TPSA) is 77.4 Å². The summed E-state index contributed by atoms with van der Waals surface area (Å²) < 4.78 is 7.13. The van der Waals surface area contributed by atoms with Crippen molar-refractivity contribution in [1.82, 2.24) is 9.88 Å². The third-order valence-electron chi connectivity index (χ3n) is 5.05. The molecule has 144 valence electrons. The molecule has 2 rings (SSSR count). The molecule has 0 aromatic carbocycles. The highest BCUT2D eigenvalue weighted by atomic mass is 16.5. The van der Waals surface area contributed by atoms with Crippen LogP contribution in [-0.4, -0.2) is 35.4 Å². The molecule has 6 nitrogen and oxygen atoms in total. The Morgan fingerprint density at radius 1 is 1.19 bits per heavy atom. The van der Waals surface area contributed by atoms with Crippen molar-refractivity contribution in [2.75, 3.05) is 13.2 Å². The maximum Gasteiger partial charge on any atom is 0.325 e. The van der Waals surface area contributed by atoms with Crippen molar-refractivity contribution in [3.05, 3.63) is 23.0 Å². The lowest BCUT2D eigenvalue weighted by Crippen LogP contribution is -2.36. The molecule has 1 aliphatic carbocycles. The summed E-state index contributed by atoms with van der Waals surface area (Å²) in [6, 6.07) is 2.09. The van der Waals surface area contributed by atoms with Crippen LogP contribution in [0.5, 0.6) is 0 Å². The third kappa shape index (κ3) is 4.96. The summed E-state index contributed by atoms with van der Waals surface area (Å²) in [5, 5.41) is 2.63. The molecule has 1 aromatic heterocycles. The van der Waals surface area contributed by atoms with Gasteiger partial charge in [-0.1, -0.05) is 19.3 Å². The summed E-state index contributed by atoms with van der Waals surface area (Å²) >= 11 is 0. The van der Waals surface area contributed by atoms with Crippen LogP contribution in [0, 0.1) is 19.8 Å². The molecule has 1 N–H and O–H groups in total. The Bertz CT molecular complexity index is 670. The minimum absolute atomic E-state index is 0.000366. The standard InChI is InChI=1S/C20H30N2O4/c1-13(2)22-14(3)10-17(15(22)4)18(23)12-26-19(24)11-21-20(25)16-8-6-5-7-9-16/h10,13,16H,5-9,11-12H2,1-4H3,(H,21,25). The van der Waals surface area contributed by atoms with E-state index in [2.05, 4.69) is 23.7 Å². The zero-order chi connectivity index (χ0) is 19.3. The molecule has 0 unspecified atom stereocenters. The van der Waals surface area contributed by atoms with Crippen molar-refractivity contribution < 1.29 is 19.1 Å². The van der Waals surface area contributed by atoms with Crippen LogP contribution in [0.2, 0.25) is 0 Å². The largest absolute Gasteiger partial charge is 0.456 e. The number of rotatable bonds is 7. The highest BCUT2D eigenvalue weighted by molar-refractivity contribution is 5.99. The monoisotopic (exact) mass is 362 g/mol. The lowest BCUT2D eigenvalue weighted by molar-refractivity contribution is -0.143. The molecule has 0 aliphatic heterocycles. The predicted octanol–water partition coefficient (Wildman–Crippen LogP) is 3.11. The van der Waals surface area contributed by atoms with E-state index >= 15 is 0 Å². The molecule has 1 aromatic rings. The quantitative estimate of drug-likeness (QED) is 0.597. The van der Waals surface area contributed by atoms with Crippen LogP contribution in [0.15, 0.2) is 6.07 Å². The van der Waals surface area contributed by atoms with Crippen molar-refractivity contribution >= 4 is 17.7 Å². The SMILES string of the molecule is Cc1cc(C(=O)COC(=O)CNC(=O)C2CCCCC2)c(C)n1C(C)C. The predicted molar refractivity (Wildman–Crippen MR) is 99.2 cm³/mol. The number of carbonyl (C=O) groups is 3. The number of ether oxygens (including phenoxy) is 1. The van der Waals surface area contributed by atoms with E-state index in [1.807, 2.05) is 19.9 Å². The number of nitrogens with zero attached hydrogens (tertiary/aromatic N) is 1. The fraction of sp³-hybridized carbons (Fsp3) is 0.650. The molecule has 1 amide bonds. The van der Waals surface area contributed by atoms with Gasteiger partial charge in [0.05, 0.1) is 0 Å². The second kappa shape index (κ2) is 9.01. The first kappa shape index (κ1) is 20.2. The van der Waals surface area contributed by atoms with Crippen LogP contribution >= 0.6 is 0 Å². The maximum absolute atomic E-state index is 12.4. The molecule has 0 spiro atoms. The third-order valence-corrected chi connectivity index (χ3v) is 5.05. The fourth-order valence-electron chi connectivity index (χ4n) is 3.80.